The summed E-state index contributed by atoms with van der Waals surface area (Å²) < 4.78 is 5.47. The van der Waals surface area contributed by atoms with Crippen molar-refractivity contribution in [3.8, 4) is 0 Å². The molecule has 1 atom stereocenters. The van der Waals surface area contributed by atoms with Gasteiger partial charge < -0.3 is 15.0 Å². The average Bonchev–Trinajstić information content (AvgIpc) is 3.05. The fraction of sp³-hybridized carbons (Fsp3) is 0.650. The van der Waals surface area contributed by atoms with Crippen LogP contribution in [0.3, 0.4) is 0 Å². The normalized spacial score (nSPS) is 23.7. The number of thiophene rings is 1. The molecule has 2 aromatic rings. The van der Waals surface area contributed by atoms with Crippen LogP contribution in [0.4, 0.5) is 5.82 Å². The zero-order chi connectivity index (χ0) is 19.1. The molecule has 8 heteroatoms. The van der Waals surface area contributed by atoms with Crippen LogP contribution in [0, 0.1) is 5.92 Å². The van der Waals surface area contributed by atoms with Crippen molar-refractivity contribution < 1.29 is 9.53 Å². The predicted molar refractivity (Wildman–Crippen MR) is 110 cm³/mol. The minimum Gasteiger partial charge on any atom is -0.379 e. The molecule has 1 N–H and O–H groups in total. The number of nitrogens with zero attached hydrogens (tertiary/aromatic N) is 4. The minimum absolute atomic E-state index is 0.0745. The highest BCUT2D eigenvalue weighted by Gasteiger charge is 2.28. The standard InChI is InChI=1S/C20H27N5O2S/c1-13-2-3-14-15(10-13)28-20-18(14)19(25-5-4-21-17(26)12-25)22-16(23-20)11-24-6-8-27-9-7-24/h13H,2-12H2,1H3,(H,21,26)/t13-/m1/s1. The predicted octanol–water partition coefficient (Wildman–Crippen LogP) is 1.58. The second-order valence-corrected chi connectivity index (χ2v) is 9.24. The first kappa shape index (κ1) is 18.3. The monoisotopic (exact) mass is 401 g/mol. The van der Waals surface area contributed by atoms with Crippen LogP contribution in [-0.2, 0) is 28.9 Å². The number of morpholine rings is 1. The van der Waals surface area contributed by atoms with E-state index in [1.807, 2.05) is 11.3 Å². The van der Waals surface area contributed by atoms with E-state index in [1.165, 1.54) is 22.2 Å². The average molecular weight is 402 g/mol. The molecule has 0 unspecified atom stereocenters. The molecule has 3 aliphatic rings. The highest BCUT2D eigenvalue weighted by atomic mass is 32.1. The van der Waals surface area contributed by atoms with Gasteiger partial charge in [-0.2, -0.15) is 0 Å². The SMILES string of the molecule is C[C@@H]1CCc2c(sc3nc(CN4CCOCC4)nc(N4CCNC(=O)C4)c23)C1. The van der Waals surface area contributed by atoms with Crippen LogP contribution in [-0.4, -0.2) is 66.7 Å². The van der Waals surface area contributed by atoms with E-state index >= 15 is 0 Å². The number of hydrogen-bond acceptors (Lipinski definition) is 7. The number of carbonyl (C=O) groups is 1. The first-order valence-electron chi connectivity index (χ1n) is 10.3. The molecule has 0 radical (unpaired) electrons. The molecule has 5 rings (SSSR count). The highest BCUT2D eigenvalue weighted by Crippen LogP contribution is 2.41. The summed E-state index contributed by atoms with van der Waals surface area (Å²) in [5.41, 5.74) is 1.43. The lowest BCUT2D eigenvalue weighted by atomic mass is 9.89. The minimum atomic E-state index is 0.0745. The lowest BCUT2D eigenvalue weighted by Gasteiger charge is -2.30. The molecule has 0 bridgehead atoms. The summed E-state index contributed by atoms with van der Waals surface area (Å²) in [6.07, 6.45) is 3.44. The van der Waals surface area contributed by atoms with E-state index in [4.69, 9.17) is 14.7 Å². The Bertz CT molecular complexity index is 892. The molecule has 4 heterocycles. The quantitative estimate of drug-likeness (QED) is 0.842. The third kappa shape index (κ3) is 3.49. The van der Waals surface area contributed by atoms with Gasteiger partial charge >= 0.3 is 0 Å². The Morgan fingerprint density at radius 1 is 1.25 bits per heavy atom. The Kier molecular flexibility index (Phi) is 4.94. The van der Waals surface area contributed by atoms with E-state index in [-0.39, 0.29) is 5.91 Å². The van der Waals surface area contributed by atoms with Crippen LogP contribution >= 0.6 is 11.3 Å². The van der Waals surface area contributed by atoms with E-state index in [1.54, 1.807) is 0 Å². The molecule has 2 fully saturated rings. The number of anilines is 1. The van der Waals surface area contributed by atoms with Gasteiger partial charge in [0.1, 0.15) is 16.5 Å². The summed E-state index contributed by atoms with van der Waals surface area (Å²) in [5, 5.41) is 4.13. The van der Waals surface area contributed by atoms with Crippen LogP contribution < -0.4 is 10.2 Å². The zero-order valence-corrected chi connectivity index (χ0v) is 17.2. The Hall–Kier alpha value is -1.77. The highest BCUT2D eigenvalue weighted by molar-refractivity contribution is 7.19. The number of ether oxygens (including phenoxy) is 1. The molecule has 0 spiro atoms. The smallest absolute Gasteiger partial charge is 0.239 e. The molecule has 0 aromatic carbocycles. The van der Waals surface area contributed by atoms with Crippen molar-refractivity contribution in [2.75, 3.05) is 50.8 Å². The van der Waals surface area contributed by atoms with Gasteiger partial charge in [-0.05, 0) is 30.7 Å². The van der Waals surface area contributed by atoms with Crippen molar-refractivity contribution in [1.29, 1.82) is 0 Å². The van der Waals surface area contributed by atoms with Crippen molar-refractivity contribution >= 4 is 33.3 Å². The summed E-state index contributed by atoms with van der Waals surface area (Å²) in [6, 6.07) is 0. The van der Waals surface area contributed by atoms with Crippen LogP contribution in [0.25, 0.3) is 10.2 Å². The summed E-state index contributed by atoms with van der Waals surface area (Å²) in [7, 11) is 0. The number of amides is 1. The summed E-state index contributed by atoms with van der Waals surface area (Å²) in [4.78, 5) is 29.1. The Morgan fingerprint density at radius 2 is 2.11 bits per heavy atom. The molecule has 1 aliphatic carbocycles. The van der Waals surface area contributed by atoms with Gasteiger partial charge in [-0.25, -0.2) is 9.97 Å². The van der Waals surface area contributed by atoms with Gasteiger partial charge in [-0.15, -0.1) is 11.3 Å². The van der Waals surface area contributed by atoms with Crippen LogP contribution in [0.2, 0.25) is 0 Å². The maximum absolute atomic E-state index is 12.0. The zero-order valence-electron chi connectivity index (χ0n) is 16.4. The summed E-state index contributed by atoms with van der Waals surface area (Å²) in [6.45, 7) is 8.30. The van der Waals surface area contributed by atoms with Crippen molar-refractivity contribution in [3.63, 3.8) is 0 Å². The van der Waals surface area contributed by atoms with Gasteiger partial charge in [0.15, 0.2) is 0 Å². The number of hydrogen-bond donors (Lipinski definition) is 1. The summed E-state index contributed by atoms with van der Waals surface area (Å²) in [5.74, 6) is 2.63. The number of fused-ring (bicyclic) bond motifs is 3. The molecule has 2 saturated heterocycles. The molecule has 28 heavy (non-hydrogen) atoms. The van der Waals surface area contributed by atoms with E-state index < -0.39 is 0 Å². The lowest BCUT2D eigenvalue weighted by molar-refractivity contribution is -0.120. The van der Waals surface area contributed by atoms with Crippen molar-refractivity contribution in [2.45, 2.75) is 32.7 Å². The lowest BCUT2D eigenvalue weighted by Crippen LogP contribution is -2.48. The molecule has 1 amide bonds. The number of rotatable bonds is 3. The maximum Gasteiger partial charge on any atom is 0.239 e. The van der Waals surface area contributed by atoms with Gasteiger partial charge in [0.25, 0.3) is 0 Å². The van der Waals surface area contributed by atoms with Gasteiger partial charge in [0.05, 0.1) is 31.7 Å². The van der Waals surface area contributed by atoms with Gasteiger partial charge in [0, 0.05) is 31.1 Å². The molecular formula is C20H27N5O2S. The molecule has 7 nitrogen and oxygen atoms in total. The molecule has 0 saturated carbocycles. The Balaban J connectivity index is 1.57. The molecule has 2 aromatic heterocycles. The number of aromatic nitrogens is 2. The number of carbonyl (C=O) groups excluding carboxylic acids is 1. The van der Waals surface area contributed by atoms with E-state index in [0.717, 1.165) is 74.6 Å². The maximum atomic E-state index is 12.0. The van der Waals surface area contributed by atoms with Crippen LogP contribution in [0.15, 0.2) is 0 Å². The van der Waals surface area contributed by atoms with Gasteiger partial charge in [0.2, 0.25) is 5.91 Å². The third-order valence-electron chi connectivity index (χ3n) is 5.99. The second-order valence-electron chi connectivity index (χ2n) is 8.16. The van der Waals surface area contributed by atoms with E-state index in [0.29, 0.717) is 13.1 Å². The first-order chi connectivity index (χ1) is 13.7. The van der Waals surface area contributed by atoms with Crippen LogP contribution in [0.1, 0.15) is 29.6 Å². The topological polar surface area (TPSA) is 70.6 Å². The Labute approximate surface area is 169 Å². The fourth-order valence-corrected chi connectivity index (χ4v) is 5.84. The third-order valence-corrected chi connectivity index (χ3v) is 7.14. The first-order valence-corrected chi connectivity index (χ1v) is 11.1. The van der Waals surface area contributed by atoms with Gasteiger partial charge in [-0.3, -0.25) is 9.69 Å². The van der Waals surface area contributed by atoms with Crippen molar-refractivity contribution in [2.24, 2.45) is 5.92 Å². The molecule has 2 aliphatic heterocycles. The van der Waals surface area contributed by atoms with E-state index in [9.17, 15) is 4.79 Å². The number of aryl methyl sites for hydroxylation is 1. The number of piperazine rings is 1. The van der Waals surface area contributed by atoms with Gasteiger partial charge in [-0.1, -0.05) is 6.92 Å². The van der Waals surface area contributed by atoms with E-state index in [2.05, 4.69) is 22.0 Å². The number of nitrogens with one attached hydrogen (secondary N) is 1. The summed E-state index contributed by atoms with van der Waals surface area (Å²) >= 11 is 1.84. The second kappa shape index (κ2) is 7.57. The van der Waals surface area contributed by atoms with Crippen LogP contribution in [0.5, 0.6) is 0 Å². The van der Waals surface area contributed by atoms with Crippen molar-refractivity contribution in [3.05, 3.63) is 16.3 Å². The fourth-order valence-electron chi connectivity index (χ4n) is 4.44. The largest absolute Gasteiger partial charge is 0.379 e. The van der Waals surface area contributed by atoms with Crippen molar-refractivity contribution in [1.82, 2.24) is 20.2 Å². The molecule has 150 valence electrons. The molecular weight excluding hydrogens is 374 g/mol. The Morgan fingerprint density at radius 3 is 2.93 bits per heavy atom.